The Labute approximate surface area is 96.3 Å². The Morgan fingerprint density at radius 1 is 1.31 bits per heavy atom. The first-order valence-electron chi connectivity index (χ1n) is 6.20. The molecule has 1 saturated heterocycles. The highest BCUT2D eigenvalue weighted by Gasteiger charge is 2.33. The fraction of sp³-hybridized carbons (Fsp3) is 0.583. The van der Waals surface area contributed by atoms with E-state index >= 15 is 0 Å². The van der Waals surface area contributed by atoms with Gasteiger partial charge in [0.1, 0.15) is 0 Å². The zero-order valence-electron chi connectivity index (χ0n) is 9.72. The van der Waals surface area contributed by atoms with Crippen LogP contribution in [0.2, 0.25) is 6.82 Å². The SMILES string of the molecule is CBN1C[C@@H]2C[C@H](C1)c1cccc(=O)n1C2. The van der Waals surface area contributed by atoms with Gasteiger partial charge >= 0.3 is 0 Å². The van der Waals surface area contributed by atoms with Gasteiger partial charge in [-0.2, -0.15) is 0 Å². The molecule has 0 aliphatic carbocycles. The summed E-state index contributed by atoms with van der Waals surface area (Å²) in [6.45, 7) is 5.42. The molecule has 1 aromatic heterocycles. The maximum absolute atomic E-state index is 11.8. The Morgan fingerprint density at radius 3 is 3.00 bits per heavy atom. The third-order valence-electron chi connectivity index (χ3n) is 4.00. The highest BCUT2D eigenvalue weighted by Crippen LogP contribution is 2.34. The summed E-state index contributed by atoms with van der Waals surface area (Å²) in [4.78, 5) is 14.3. The van der Waals surface area contributed by atoms with E-state index in [1.807, 2.05) is 10.6 Å². The largest absolute Gasteiger partial charge is 0.344 e. The lowest BCUT2D eigenvalue weighted by Gasteiger charge is -2.42. The summed E-state index contributed by atoms with van der Waals surface area (Å²) in [6.07, 6.45) is 1.26. The second-order valence-corrected chi connectivity index (χ2v) is 5.05. The van der Waals surface area contributed by atoms with E-state index in [0.29, 0.717) is 11.8 Å². The van der Waals surface area contributed by atoms with Crippen molar-refractivity contribution in [3.63, 3.8) is 0 Å². The molecule has 0 unspecified atom stereocenters. The van der Waals surface area contributed by atoms with E-state index in [4.69, 9.17) is 0 Å². The third kappa shape index (κ3) is 1.52. The molecule has 1 aromatic rings. The van der Waals surface area contributed by atoms with Crippen LogP contribution in [0.4, 0.5) is 0 Å². The summed E-state index contributed by atoms with van der Waals surface area (Å²) >= 11 is 0. The van der Waals surface area contributed by atoms with Crippen molar-refractivity contribution in [2.75, 3.05) is 13.1 Å². The van der Waals surface area contributed by atoms with Gasteiger partial charge in [-0.1, -0.05) is 12.9 Å². The van der Waals surface area contributed by atoms with E-state index in [1.54, 1.807) is 6.07 Å². The molecule has 4 heteroatoms. The molecule has 0 saturated carbocycles. The Kier molecular flexibility index (Phi) is 2.39. The maximum Gasteiger partial charge on any atom is 0.250 e. The Balaban J connectivity index is 2.02. The van der Waals surface area contributed by atoms with Crippen LogP contribution in [0.25, 0.3) is 0 Å². The summed E-state index contributed by atoms with van der Waals surface area (Å²) in [6, 6.07) is 5.71. The molecule has 0 N–H and O–H groups in total. The number of hydrogen-bond donors (Lipinski definition) is 0. The van der Waals surface area contributed by atoms with Crippen molar-refractivity contribution in [1.82, 2.24) is 9.38 Å². The van der Waals surface area contributed by atoms with Crippen molar-refractivity contribution in [2.24, 2.45) is 5.92 Å². The first kappa shape index (κ1) is 10.1. The second-order valence-electron chi connectivity index (χ2n) is 5.05. The minimum atomic E-state index is 0.178. The van der Waals surface area contributed by atoms with Crippen LogP contribution in [0, 0.1) is 5.92 Å². The van der Waals surface area contributed by atoms with E-state index in [0.717, 1.165) is 27.0 Å². The highest BCUT2D eigenvalue weighted by molar-refractivity contribution is 6.29. The van der Waals surface area contributed by atoms with Gasteiger partial charge in [0, 0.05) is 24.2 Å². The second kappa shape index (κ2) is 3.77. The minimum absolute atomic E-state index is 0.178. The molecule has 3 rings (SSSR count). The molecule has 3 nitrogen and oxygen atoms in total. The van der Waals surface area contributed by atoms with Gasteiger partial charge in [-0.25, -0.2) is 0 Å². The number of fused-ring (bicyclic) bond motifs is 4. The molecule has 0 aromatic carbocycles. The predicted molar refractivity (Wildman–Crippen MR) is 66.1 cm³/mol. The lowest BCUT2D eigenvalue weighted by Crippen LogP contribution is -2.47. The molecular weight excluding hydrogens is 199 g/mol. The van der Waals surface area contributed by atoms with Crippen LogP contribution in [0.3, 0.4) is 0 Å². The van der Waals surface area contributed by atoms with E-state index in [-0.39, 0.29) is 5.56 Å². The molecule has 1 fully saturated rings. The number of rotatable bonds is 1. The van der Waals surface area contributed by atoms with Crippen LogP contribution in [-0.4, -0.2) is 29.9 Å². The number of aromatic nitrogens is 1. The van der Waals surface area contributed by atoms with Crippen molar-refractivity contribution >= 4 is 7.41 Å². The smallest absolute Gasteiger partial charge is 0.250 e. The lowest BCUT2D eigenvalue weighted by molar-refractivity contribution is 0.187. The summed E-state index contributed by atoms with van der Waals surface area (Å²) in [5.74, 6) is 1.24. The molecule has 0 amide bonds. The van der Waals surface area contributed by atoms with Gasteiger partial charge in [0.05, 0.1) is 0 Å². The Morgan fingerprint density at radius 2 is 2.19 bits per heavy atom. The van der Waals surface area contributed by atoms with Crippen LogP contribution in [0.1, 0.15) is 18.0 Å². The number of nitrogens with zero attached hydrogens (tertiary/aromatic N) is 2. The average molecular weight is 216 g/mol. The van der Waals surface area contributed by atoms with E-state index in [9.17, 15) is 4.79 Å². The summed E-state index contributed by atoms with van der Waals surface area (Å²) in [5.41, 5.74) is 1.43. The van der Waals surface area contributed by atoms with Gasteiger partial charge in [0.15, 0.2) is 0 Å². The fourth-order valence-corrected chi connectivity index (χ4v) is 3.25. The van der Waals surface area contributed by atoms with Crippen LogP contribution >= 0.6 is 0 Å². The third-order valence-corrected chi connectivity index (χ3v) is 4.00. The quantitative estimate of drug-likeness (QED) is 0.644. The predicted octanol–water partition coefficient (Wildman–Crippen LogP) is 0.667. The molecule has 2 atom stereocenters. The topological polar surface area (TPSA) is 25.2 Å². The van der Waals surface area contributed by atoms with Crippen LogP contribution < -0.4 is 5.56 Å². The molecule has 2 aliphatic rings. The monoisotopic (exact) mass is 216 g/mol. The van der Waals surface area contributed by atoms with E-state index in [1.165, 1.54) is 12.1 Å². The summed E-state index contributed by atoms with van der Waals surface area (Å²) in [7, 11) is 1.13. The number of hydrogen-bond acceptors (Lipinski definition) is 2. The first-order valence-corrected chi connectivity index (χ1v) is 6.20. The Bertz CT molecular complexity index is 457. The van der Waals surface area contributed by atoms with Crippen molar-refractivity contribution in [2.45, 2.75) is 25.7 Å². The zero-order valence-corrected chi connectivity index (χ0v) is 9.72. The molecule has 84 valence electrons. The summed E-state index contributed by atoms with van der Waals surface area (Å²) in [5, 5.41) is 0. The normalized spacial score (nSPS) is 28.6. The first-order chi connectivity index (χ1) is 7.78. The fourth-order valence-electron chi connectivity index (χ4n) is 3.25. The van der Waals surface area contributed by atoms with Gasteiger partial charge in [-0.05, 0) is 31.5 Å². The number of piperidine rings is 1. The van der Waals surface area contributed by atoms with E-state index < -0.39 is 0 Å². The van der Waals surface area contributed by atoms with Gasteiger partial charge in [0.25, 0.3) is 5.56 Å². The molecular formula is C12H17BN2O. The molecule has 2 bridgehead atoms. The van der Waals surface area contributed by atoms with Crippen molar-refractivity contribution in [3.05, 3.63) is 34.2 Å². The molecule has 2 aliphatic heterocycles. The summed E-state index contributed by atoms with van der Waals surface area (Å²) < 4.78 is 1.99. The molecule has 3 heterocycles. The van der Waals surface area contributed by atoms with Gasteiger partial charge in [-0.3, -0.25) is 4.79 Å². The molecule has 16 heavy (non-hydrogen) atoms. The molecule has 0 spiro atoms. The zero-order chi connectivity index (χ0) is 11.1. The highest BCUT2D eigenvalue weighted by atomic mass is 16.1. The van der Waals surface area contributed by atoms with Crippen molar-refractivity contribution < 1.29 is 0 Å². The standard InChI is InChI=1S/C12H17BN2O/c1-13-14-6-9-5-10(8-14)11-3-2-4-12(16)15(11)7-9/h2-4,9-10,13H,5-8H2,1H3/t9-,10+/m0/s1. The Hall–Kier alpha value is -1.03. The van der Waals surface area contributed by atoms with Crippen LogP contribution in [0.15, 0.2) is 23.0 Å². The number of pyridine rings is 1. The van der Waals surface area contributed by atoms with E-state index in [2.05, 4.69) is 17.7 Å². The van der Waals surface area contributed by atoms with Crippen LogP contribution in [0.5, 0.6) is 0 Å². The minimum Gasteiger partial charge on any atom is -0.344 e. The van der Waals surface area contributed by atoms with Gasteiger partial charge in [0.2, 0.25) is 7.41 Å². The maximum atomic E-state index is 11.8. The average Bonchev–Trinajstić information content (AvgIpc) is 2.30. The van der Waals surface area contributed by atoms with Gasteiger partial charge < -0.3 is 9.38 Å². The van der Waals surface area contributed by atoms with Crippen LogP contribution in [-0.2, 0) is 6.54 Å². The molecule has 0 radical (unpaired) electrons. The van der Waals surface area contributed by atoms with Crippen molar-refractivity contribution in [1.29, 1.82) is 0 Å². The lowest BCUT2D eigenvalue weighted by atomic mass is 9.79. The van der Waals surface area contributed by atoms with Crippen molar-refractivity contribution in [3.8, 4) is 0 Å². The van der Waals surface area contributed by atoms with Gasteiger partial charge in [-0.15, -0.1) is 0 Å².